The number of carbonyl (C=O) groups excluding carboxylic acids is 2. The molecule has 0 aromatic heterocycles. The predicted molar refractivity (Wildman–Crippen MR) is 115 cm³/mol. The topological polar surface area (TPSA) is 61.4 Å². The van der Waals surface area contributed by atoms with E-state index in [1.165, 1.54) is 6.92 Å². The minimum absolute atomic E-state index is 0.119. The van der Waals surface area contributed by atoms with Crippen LogP contribution in [-0.4, -0.2) is 31.3 Å². The van der Waals surface area contributed by atoms with E-state index in [4.69, 9.17) is 11.6 Å². The fraction of sp³-hybridized carbons (Fsp3) is 0.182. The average molecular weight is 396 g/mol. The third kappa shape index (κ3) is 4.81. The maximum absolute atomic E-state index is 12.3. The van der Waals surface area contributed by atoms with E-state index in [9.17, 15) is 9.59 Å². The summed E-state index contributed by atoms with van der Waals surface area (Å²) in [6, 6.07) is 15.3. The maximum atomic E-state index is 12.3. The number of nitrogens with zero attached hydrogens (tertiary/aromatic N) is 1. The molecule has 2 amide bonds. The second-order valence-electron chi connectivity index (χ2n) is 6.57. The Morgan fingerprint density at radius 3 is 2.43 bits per heavy atom. The van der Waals surface area contributed by atoms with Crippen molar-refractivity contribution in [2.24, 2.45) is 0 Å². The van der Waals surface area contributed by atoms with Gasteiger partial charge in [0.15, 0.2) is 0 Å². The lowest BCUT2D eigenvalue weighted by atomic mass is 10.1. The number of hydrogen-bond acceptors (Lipinski definition) is 3. The first kappa shape index (κ1) is 19.7. The minimum Gasteiger partial charge on any atom is -0.373 e. The molecule has 2 N–H and O–H groups in total. The minimum atomic E-state index is -0.135. The lowest BCUT2D eigenvalue weighted by Gasteiger charge is -2.17. The van der Waals surface area contributed by atoms with E-state index in [1.54, 1.807) is 0 Å². The molecule has 2 aromatic rings. The Balaban J connectivity index is 1.76. The van der Waals surface area contributed by atoms with Crippen LogP contribution in [0.25, 0.3) is 11.8 Å². The first-order valence-electron chi connectivity index (χ1n) is 8.96. The quantitative estimate of drug-likeness (QED) is 0.576. The number of benzene rings is 2. The molecule has 0 bridgehead atoms. The standard InChI is InChI=1S/C22H22ClN3O2/c1-15(27)24-19-7-5-17(6-8-19)21-14-18(22(28)25-21)13-16-3-9-20(10-4-16)26(2)12-11-23/h3-10,13-14H,11-12H2,1-2H3,(H,24,27)(H,25,28). The Bertz CT molecular complexity index is 931. The zero-order valence-corrected chi connectivity index (χ0v) is 16.6. The van der Waals surface area contributed by atoms with Crippen molar-refractivity contribution in [1.29, 1.82) is 0 Å². The van der Waals surface area contributed by atoms with Gasteiger partial charge in [0.2, 0.25) is 5.91 Å². The zero-order valence-electron chi connectivity index (χ0n) is 15.8. The van der Waals surface area contributed by atoms with Crippen LogP contribution in [0.1, 0.15) is 18.1 Å². The van der Waals surface area contributed by atoms with Crippen LogP contribution in [0.3, 0.4) is 0 Å². The highest BCUT2D eigenvalue weighted by Crippen LogP contribution is 2.24. The molecule has 0 unspecified atom stereocenters. The van der Waals surface area contributed by atoms with Crippen LogP contribution in [0.4, 0.5) is 11.4 Å². The number of nitrogens with one attached hydrogen (secondary N) is 2. The summed E-state index contributed by atoms with van der Waals surface area (Å²) in [5, 5.41) is 5.62. The highest BCUT2D eigenvalue weighted by molar-refractivity contribution is 6.18. The summed E-state index contributed by atoms with van der Waals surface area (Å²) in [6.45, 7) is 2.24. The number of rotatable bonds is 6. The number of anilines is 2. The van der Waals surface area contributed by atoms with Crippen molar-refractivity contribution in [3.05, 3.63) is 71.3 Å². The van der Waals surface area contributed by atoms with Gasteiger partial charge in [-0.05, 0) is 47.5 Å². The van der Waals surface area contributed by atoms with Gasteiger partial charge in [0.25, 0.3) is 5.91 Å². The lowest BCUT2D eigenvalue weighted by molar-refractivity contribution is -0.116. The van der Waals surface area contributed by atoms with Crippen LogP contribution in [0.2, 0.25) is 0 Å². The number of carbonyl (C=O) groups is 2. The summed E-state index contributed by atoms with van der Waals surface area (Å²) >= 11 is 5.78. The van der Waals surface area contributed by atoms with Crippen LogP contribution >= 0.6 is 11.6 Å². The Morgan fingerprint density at radius 2 is 1.82 bits per heavy atom. The Hall–Kier alpha value is -3.05. The molecular weight excluding hydrogens is 374 g/mol. The van der Waals surface area contributed by atoms with Gasteiger partial charge in [0, 0.05) is 49.0 Å². The van der Waals surface area contributed by atoms with Gasteiger partial charge in [-0.25, -0.2) is 0 Å². The Labute approximate surface area is 169 Å². The van der Waals surface area contributed by atoms with E-state index in [-0.39, 0.29) is 11.8 Å². The predicted octanol–water partition coefficient (Wildman–Crippen LogP) is 3.87. The van der Waals surface area contributed by atoms with E-state index in [1.807, 2.05) is 67.7 Å². The molecule has 6 heteroatoms. The zero-order chi connectivity index (χ0) is 20.1. The summed E-state index contributed by atoms with van der Waals surface area (Å²) in [4.78, 5) is 25.5. The van der Waals surface area contributed by atoms with Crippen molar-refractivity contribution in [2.45, 2.75) is 6.92 Å². The molecule has 2 aromatic carbocycles. The molecule has 1 heterocycles. The van der Waals surface area contributed by atoms with Crippen molar-refractivity contribution in [3.63, 3.8) is 0 Å². The van der Waals surface area contributed by atoms with E-state index >= 15 is 0 Å². The summed E-state index contributed by atoms with van der Waals surface area (Å²) in [6.07, 6.45) is 3.70. The third-order valence-electron chi connectivity index (χ3n) is 4.40. The normalized spacial score (nSPS) is 14.6. The molecule has 3 rings (SSSR count). The molecule has 144 valence electrons. The Kier molecular flexibility index (Phi) is 6.16. The first-order chi connectivity index (χ1) is 13.5. The monoisotopic (exact) mass is 395 g/mol. The second-order valence-corrected chi connectivity index (χ2v) is 6.95. The van der Waals surface area contributed by atoms with Crippen LogP contribution in [0, 0.1) is 0 Å². The molecular formula is C22H22ClN3O2. The van der Waals surface area contributed by atoms with E-state index < -0.39 is 0 Å². The van der Waals surface area contributed by atoms with Crippen LogP contribution in [0.5, 0.6) is 0 Å². The summed E-state index contributed by atoms with van der Waals surface area (Å²) in [5.74, 6) is 0.317. The molecule has 1 aliphatic heterocycles. The molecule has 28 heavy (non-hydrogen) atoms. The smallest absolute Gasteiger partial charge is 0.255 e. The largest absolute Gasteiger partial charge is 0.373 e. The van der Waals surface area contributed by atoms with Gasteiger partial charge in [-0.3, -0.25) is 9.59 Å². The van der Waals surface area contributed by atoms with Gasteiger partial charge in [-0.15, -0.1) is 11.6 Å². The van der Waals surface area contributed by atoms with E-state index in [2.05, 4.69) is 15.5 Å². The van der Waals surface area contributed by atoms with Crippen molar-refractivity contribution in [2.75, 3.05) is 29.7 Å². The molecule has 5 nitrogen and oxygen atoms in total. The maximum Gasteiger partial charge on any atom is 0.255 e. The van der Waals surface area contributed by atoms with E-state index in [0.29, 0.717) is 11.5 Å². The summed E-state index contributed by atoms with van der Waals surface area (Å²) in [5.41, 5.74) is 4.97. The van der Waals surface area contributed by atoms with Gasteiger partial charge in [-0.1, -0.05) is 24.3 Å². The Morgan fingerprint density at radius 1 is 1.14 bits per heavy atom. The molecule has 0 spiro atoms. The van der Waals surface area contributed by atoms with Gasteiger partial charge in [0.1, 0.15) is 0 Å². The highest BCUT2D eigenvalue weighted by Gasteiger charge is 2.19. The highest BCUT2D eigenvalue weighted by atomic mass is 35.5. The molecule has 0 saturated carbocycles. The second kappa shape index (κ2) is 8.76. The van der Waals surface area contributed by atoms with Crippen molar-refractivity contribution in [1.82, 2.24) is 5.32 Å². The van der Waals surface area contributed by atoms with Crippen LogP contribution < -0.4 is 15.5 Å². The van der Waals surface area contributed by atoms with Crippen LogP contribution in [0.15, 0.2) is 60.2 Å². The molecule has 0 aliphatic carbocycles. The number of hydrogen-bond donors (Lipinski definition) is 2. The molecule has 1 aliphatic rings. The van der Waals surface area contributed by atoms with Gasteiger partial charge in [0.05, 0.1) is 0 Å². The summed E-state index contributed by atoms with van der Waals surface area (Å²) in [7, 11) is 1.99. The van der Waals surface area contributed by atoms with Crippen molar-refractivity contribution in [3.8, 4) is 0 Å². The fourth-order valence-electron chi connectivity index (χ4n) is 2.91. The first-order valence-corrected chi connectivity index (χ1v) is 9.49. The van der Waals surface area contributed by atoms with Crippen molar-refractivity contribution < 1.29 is 9.59 Å². The van der Waals surface area contributed by atoms with E-state index in [0.717, 1.165) is 34.7 Å². The van der Waals surface area contributed by atoms with Crippen LogP contribution in [-0.2, 0) is 9.59 Å². The van der Waals surface area contributed by atoms with Crippen molar-refractivity contribution >= 4 is 46.6 Å². The molecule has 0 fully saturated rings. The SMILES string of the molecule is CC(=O)Nc1ccc(C2=CC(=Cc3ccc(N(C)CCCl)cc3)C(=O)N2)cc1. The average Bonchev–Trinajstić information content (AvgIpc) is 3.03. The molecule has 0 saturated heterocycles. The van der Waals surface area contributed by atoms with Gasteiger partial charge < -0.3 is 15.5 Å². The van der Waals surface area contributed by atoms with Gasteiger partial charge >= 0.3 is 0 Å². The summed E-state index contributed by atoms with van der Waals surface area (Å²) < 4.78 is 0. The fourth-order valence-corrected chi connectivity index (χ4v) is 3.16. The number of halogens is 1. The molecule has 0 radical (unpaired) electrons. The molecule has 0 atom stereocenters. The number of alkyl halides is 1. The third-order valence-corrected chi connectivity index (χ3v) is 4.57. The van der Waals surface area contributed by atoms with Gasteiger partial charge in [-0.2, -0.15) is 0 Å². The lowest BCUT2D eigenvalue weighted by Crippen LogP contribution is -2.19. The number of amides is 2.